The summed E-state index contributed by atoms with van der Waals surface area (Å²) in [6.07, 6.45) is 1.75. The van der Waals surface area contributed by atoms with Crippen LogP contribution in [-0.4, -0.2) is 15.3 Å². The van der Waals surface area contributed by atoms with Gasteiger partial charge >= 0.3 is 0 Å². The molecular formula is C17H19N3O. The fourth-order valence-corrected chi connectivity index (χ4v) is 2.60. The first-order chi connectivity index (χ1) is 10.0. The molecule has 0 amide bonds. The van der Waals surface area contributed by atoms with Gasteiger partial charge in [-0.25, -0.2) is 0 Å². The second-order valence-corrected chi connectivity index (χ2v) is 5.88. The van der Waals surface area contributed by atoms with Crippen LogP contribution < -0.4 is 5.73 Å². The number of aliphatic hydroxyl groups is 1. The van der Waals surface area contributed by atoms with Crippen LogP contribution >= 0.6 is 0 Å². The standard InChI is InChI=1S/C17H19N3O/c1-17(2,18)12-5-3-11(4-6-12)13-7-8-16-14(9-19-20-16)15(13)10-21/h3-9,21H,10,18H2,1-2H3,(H,19,20). The Kier molecular flexibility index (Phi) is 3.27. The Labute approximate surface area is 123 Å². The Bertz CT molecular complexity index is 767. The van der Waals surface area contributed by atoms with E-state index < -0.39 is 0 Å². The summed E-state index contributed by atoms with van der Waals surface area (Å²) in [6, 6.07) is 12.2. The predicted octanol–water partition coefficient (Wildman–Crippen LogP) is 2.92. The van der Waals surface area contributed by atoms with Crippen molar-refractivity contribution < 1.29 is 5.11 Å². The molecule has 0 atom stereocenters. The zero-order chi connectivity index (χ0) is 15.0. The highest BCUT2D eigenvalue weighted by atomic mass is 16.3. The monoisotopic (exact) mass is 281 g/mol. The van der Waals surface area contributed by atoms with Gasteiger partial charge in [-0.3, -0.25) is 5.10 Å². The highest BCUT2D eigenvalue weighted by Gasteiger charge is 2.15. The van der Waals surface area contributed by atoms with Crippen LogP contribution in [-0.2, 0) is 12.1 Å². The van der Waals surface area contributed by atoms with Gasteiger partial charge in [-0.1, -0.05) is 30.3 Å². The van der Waals surface area contributed by atoms with Crippen LogP contribution in [0, 0.1) is 0 Å². The number of rotatable bonds is 3. The van der Waals surface area contributed by atoms with Gasteiger partial charge in [0, 0.05) is 10.9 Å². The van der Waals surface area contributed by atoms with Crippen molar-refractivity contribution in [3.8, 4) is 11.1 Å². The maximum absolute atomic E-state index is 9.72. The first kappa shape index (κ1) is 13.8. The predicted molar refractivity (Wildman–Crippen MR) is 84.7 cm³/mol. The molecule has 0 unspecified atom stereocenters. The van der Waals surface area contributed by atoms with Crippen LogP contribution in [0.1, 0.15) is 25.0 Å². The molecule has 4 nitrogen and oxygen atoms in total. The largest absolute Gasteiger partial charge is 0.392 e. The molecule has 3 rings (SSSR count). The number of fused-ring (bicyclic) bond motifs is 1. The van der Waals surface area contributed by atoms with Gasteiger partial charge in [0.15, 0.2) is 0 Å². The molecule has 3 aromatic rings. The highest BCUT2D eigenvalue weighted by Crippen LogP contribution is 2.30. The Hall–Kier alpha value is -2.17. The molecule has 0 aliphatic carbocycles. The van der Waals surface area contributed by atoms with Crippen molar-refractivity contribution in [2.24, 2.45) is 5.73 Å². The second-order valence-electron chi connectivity index (χ2n) is 5.88. The minimum Gasteiger partial charge on any atom is -0.392 e. The van der Waals surface area contributed by atoms with E-state index in [0.29, 0.717) is 0 Å². The van der Waals surface area contributed by atoms with Gasteiger partial charge in [0.25, 0.3) is 0 Å². The van der Waals surface area contributed by atoms with E-state index in [0.717, 1.165) is 33.2 Å². The quantitative estimate of drug-likeness (QED) is 0.691. The van der Waals surface area contributed by atoms with E-state index in [1.807, 2.05) is 50.2 Å². The molecule has 2 aromatic carbocycles. The number of nitrogens with two attached hydrogens (primary N) is 1. The zero-order valence-corrected chi connectivity index (χ0v) is 12.2. The summed E-state index contributed by atoms with van der Waals surface area (Å²) in [5.41, 5.74) is 10.7. The number of benzene rings is 2. The van der Waals surface area contributed by atoms with Crippen LogP contribution in [0.5, 0.6) is 0 Å². The Balaban J connectivity index is 2.11. The minimum atomic E-state index is -0.354. The lowest BCUT2D eigenvalue weighted by molar-refractivity contribution is 0.284. The van der Waals surface area contributed by atoms with E-state index >= 15 is 0 Å². The van der Waals surface area contributed by atoms with Crippen LogP contribution in [0.15, 0.2) is 42.6 Å². The Morgan fingerprint density at radius 3 is 2.48 bits per heavy atom. The number of aliphatic hydroxyl groups excluding tert-OH is 1. The molecular weight excluding hydrogens is 262 g/mol. The lowest BCUT2D eigenvalue weighted by Crippen LogP contribution is -2.28. The SMILES string of the molecule is CC(C)(N)c1ccc(-c2ccc3[nH]ncc3c2CO)cc1. The number of nitrogens with one attached hydrogen (secondary N) is 1. The van der Waals surface area contributed by atoms with Gasteiger partial charge in [0.2, 0.25) is 0 Å². The molecule has 0 saturated heterocycles. The van der Waals surface area contributed by atoms with Crippen molar-refractivity contribution in [1.82, 2.24) is 10.2 Å². The van der Waals surface area contributed by atoms with E-state index in [1.165, 1.54) is 0 Å². The molecule has 0 aliphatic rings. The fourth-order valence-electron chi connectivity index (χ4n) is 2.60. The van der Waals surface area contributed by atoms with Gasteiger partial charge in [0.1, 0.15) is 0 Å². The summed E-state index contributed by atoms with van der Waals surface area (Å²) < 4.78 is 0. The molecule has 1 heterocycles. The number of aromatic amines is 1. The number of aromatic nitrogens is 2. The van der Waals surface area contributed by atoms with Crippen molar-refractivity contribution in [1.29, 1.82) is 0 Å². The normalized spacial score (nSPS) is 12.0. The fraction of sp³-hybridized carbons (Fsp3) is 0.235. The summed E-state index contributed by atoms with van der Waals surface area (Å²) in [7, 11) is 0. The maximum atomic E-state index is 9.72. The average molecular weight is 281 g/mol. The van der Waals surface area contributed by atoms with E-state index in [1.54, 1.807) is 6.20 Å². The van der Waals surface area contributed by atoms with Crippen molar-refractivity contribution in [2.45, 2.75) is 26.0 Å². The summed E-state index contributed by atoms with van der Waals surface area (Å²) >= 11 is 0. The number of H-pyrrole nitrogens is 1. The van der Waals surface area contributed by atoms with Crippen LogP contribution in [0.25, 0.3) is 22.0 Å². The van der Waals surface area contributed by atoms with E-state index in [4.69, 9.17) is 5.73 Å². The van der Waals surface area contributed by atoms with Crippen LogP contribution in [0.4, 0.5) is 0 Å². The average Bonchev–Trinajstić information content (AvgIpc) is 2.94. The summed E-state index contributed by atoms with van der Waals surface area (Å²) in [4.78, 5) is 0. The Morgan fingerprint density at radius 1 is 1.14 bits per heavy atom. The number of nitrogens with zero attached hydrogens (tertiary/aromatic N) is 1. The molecule has 4 N–H and O–H groups in total. The summed E-state index contributed by atoms with van der Waals surface area (Å²) in [5, 5.41) is 17.6. The smallest absolute Gasteiger partial charge is 0.0695 e. The van der Waals surface area contributed by atoms with Gasteiger partial charge in [-0.05, 0) is 42.2 Å². The van der Waals surface area contributed by atoms with Crippen molar-refractivity contribution in [3.63, 3.8) is 0 Å². The molecule has 0 bridgehead atoms. The third kappa shape index (κ3) is 2.44. The minimum absolute atomic E-state index is 0.0175. The molecule has 0 radical (unpaired) electrons. The van der Waals surface area contributed by atoms with Gasteiger partial charge in [-0.2, -0.15) is 5.10 Å². The Morgan fingerprint density at radius 2 is 1.86 bits per heavy atom. The highest BCUT2D eigenvalue weighted by molar-refractivity contribution is 5.89. The third-order valence-corrected chi connectivity index (χ3v) is 3.83. The van der Waals surface area contributed by atoms with Crippen molar-refractivity contribution in [3.05, 3.63) is 53.7 Å². The lowest BCUT2D eigenvalue weighted by atomic mass is 9.92. The van der Waals surface area contributed by atoms with Gasteiger partial charge < -0.3 is 10.8 Å². The van der Waals surface area contributed by atoms with Crippen LogP contribution in [0.3, 0.4) is 0 Å². The van der Waals surface area contributed by atoms with E-state index in [2.05, 4.69) is 10.2 Å². The first-order valence-corrected chi connectivity index (χ1v) is 6.96. The maximum Gasteiger partial charge on any atom is 0.0695 e. The molecule has 0 fully saturated rings. The summed E-state index contributed by atoms with van der Waals surface area (Å²) in [6.45, 7) is 3.95. The van der Waals surface area contributed by atoms with Gasteiger partial charge in [0.05, 0.1) is 18.3 Å². The zero-order valence-electron chi connectivity index (χ0n) is 12.2. The molecule has 0 spiro atoms. The van der Waals surface area contributed by atoms with E-state index in [9.17, 15) is 5.11 Å². The van der Waals surface area contributed by atoms with Gasteiger partial charge in [-0.15, -0.1) is 0 Å². The topological polar surface area (TPSA) is 74.9 Å². The molecule has 108 valence electrons. The van der Waals surface area contributed by atoms with Crippen LogP contribution in [0.2, 0.25) is 0 Å². The number of hydrogen-bond acceptors (Lipinski definition) is 3. The van der Waals surface area contributed by atoms with E-state index in [-0.39, 0.29) is 12.1 Å². The molecule has 4 heteroatoms. The third-order valence-electron chi connectivity index (χ3n) is 3.83. The number of hydrogen-bond donors (Lipinski definition) is 3. The first-order valence-electron chi connectivity index (χ1n) is 6.96. The van der Waals surface area contributed by atoms with Crippen molar-refractivity contribution >= 4 is 10.9 Å². The lowest BCUT2D eigenvalue weighted by Gasteiger charge is -2.19. The van der Waals surface area contributed by atoms with Crippen molar-refractivity contribution in [2.75, 3.05) is 0 Å². The molecule has 21 heavy (non-hydrogen) atoms. The molecule has 0 saturated carbocycles. The molecule has 0 aliphatic heterocycles. The second kappa shape index (κ2) is 4.98. The molecule has 1 aromatic heterocycles. The summed E-state index contributed by atoms with van der Waals surface area (Å²) in [5.74, 6) is 0.